The highest BCUT2D eigenvalue weighted by Crippen LogP contribution is 2.22. The summed E-state index contributed by atoms with van der Waals surface area (Å²) in [5.74, 6) is -0.401. The first-order valence-corrected chi connectivity index (χ1v) is 7.97. The van der Waals surface area contributed by atoms with Gasteiger partial charge in [0.05, 0.1) is 13.2 Å². The molecule has 0 aromatic heterocycles. The number of hydrogen-bond acceptors (Lipinski definition) is 3. The molecule has 1 aromatic rings. The molecule has 1 saturated heterocycles. The lowest BCUT2D eigenvalue weighted by atomic mass is 10.1. The maximum Gasteiger partial charge on any atom is 0.245 e. The van der Waals surface area contributed by atoms with Crippen molar-refractivity contribution in [2.75, 3.05) is 26.3 Å². The second-order valence-corrected chi connectivity index (χ2v) is 5.88. The van der Waals surface area contributed by atoms with Crippen LogP contribution in [0, 0.1) is 0 Å². The van der Waals surface area contributed by atoms with Crippen LogP contribution in [0.25, 0.3) is 5.57 Å². The Morgan fingerprint density at radius 1 is 1.30 bits per heavy atom. The molecule has 2 amide bonds. The first kappa shape index (κ1) is 17.5. The van der Waals surface area contributed by atoms with E-state index in [2.05, 4.69) is 5.32 Å². The molecule has 2 rings (SSSR count). The van der Waals surface area contributed by atoms with E-state index in [0.29, 0.717) is 31.3 Å². The molecule has 1 aliphatic heterocycles. The summed E-state index contributed by atoms with van der Waals surface area (Å²) in [4.78, 5) is 26.1. The molecule has 0 spiro atoms. The van der Waals surface area contributed by atoms with Gasteiger partial charge in [0.25, 0.3) is 0 Å². The molecule has 1 aliphatic rings. The number of amides is 2. The standard InChI is InChI=1S/C17H21ClN2O3/c1-12(14-5-3-4-6-15(14)18)11-16(21)19-13(2)17(22)20-7-9-23-10-8-20/h3-6,11,13H,7-10H2,1-2H3,(H,19,21)/b12-11-/t13-/m1/s1. The van der Waals surface area contributed by atoms with E-state index in [0.717, 1.165) is 11.1 Å². The van der Waals surface area contributed by atoms with Gasteiger partial charge < -0.3 is 15.0 Å². The van der Waals surface area contributed by atoms with E-state index < -0.39 is 6.04 Å². The molecule has 1 heterocycles. The fourth-order valence-electron chi connectivity index (χ4n) is 2.43. The average molecular weight is 337 g/mol. The van der Waals surface area contributed by atoms with Gasteiger partial charge in [-0.05, 0) is 31.1 Å². The predicted molar refractivity (Wildman–Crippen MR) is 90.1 cm³/mol. The van der Waals surface area contributed by atoms with Crippen molar-refractivity contribution >= 4 is 29.0 Å². The Bertz CT molecular complexity index is 610. The number of ether oxygens (including phenoxy) is 1. The van der Waals surface area contributed by atoms with Crippen molar-refractivity contribution in [1.82, 2.24) is 10.2 Å². The van der Waals surface area contributed by atoms with Crippen molar-refractivity contribution in [3.63, 3.8) is 0 Å². The number of hydrogen-bond donors (Lipinski definition) is 1. The van der Waals surface area contributed by atoms with Gasteiger partial charge in [0.1, 0.15) is 6.04 Å². The van der Waals surface area contributed by atoms with Gasteiger partial charge >= 0.3 is 0 Å². The second kappa shape index (κ2) is 8.13. The first-order chi connectivity index (χ1) is 11.0. The number of halogens is 1. The molecule has 1 aromatic carbocycles. The van der Waals surface area contributed by atoms with Crippen LogP contribution in [-0.4, -0.2) is 49.1 Å². The van der Waals surface area contributed by atoms with Gasteiger partial charge in [0.15, 0.2) is 0 Å². The van der Waals surface area contributed by atoms with Crippen LogP contribution in [0.4, 0.5) is 0 Å². The van der Waals surface area contributed by atoms with E-state index in [1.165, 1.54) is 6.08 Å². The number of rotatable bonds is 4. The second-order valence-electron chi connectivity index (χ2n) is 5.48. The fraction of sp³-hybridized carbons (Fsp3) is 0.412. The third-order valence-electron chi connectivity index (χ3n) is 3.70. The van der Waals surface area contributed by atoms with Gasteiger partial charge in [0, 0.05) is 24.2 Å². The van der Waals surface area contributed by atoms with E-state index in [4.69, 9.17) is 16.3 Å². The lowest BCUT2D eigenvalue weighted by molar-refractivity contribution is -0.138. The molecule has 0 bridgehead atoms. The minimum absolute atomic E-state index is 0.0922. The molecule has 0 radical (unpaired) electrons. The van der Waals surface area contributed by atoms with E-state index in [-0.39, 0.29) is 11.8 Å². The van der Waals surface area contributed by atoms with Crippen molar-refractivity contribution in [2.45, 2.75) is 19.9 Å². The molecule has 1 fully saturated rings. The van der Waals surface area contributed by atoms with Gasteiger partial charge in [-0.15, -0.1) is 0 Å². The SMILES string of the molecule is C/C(=C/C(=O)N[C@H](C)C(=O)N1CCOCC1)c1ccccc1Cl. The van der Waals surface area contributed by atoms with Gasteiger partial charge in [-0.2, -0.15) is 0 Å². The number of carbonyl (C=O) groups is 2. The molecular weight excluding hydrogens is 316 g/mol. The summed E-state index contributed by atoms with van der Waals surface area (Å²) >= 11 is 6.12. The van der Waals surface area contributed by atoms with Crippen LogP contribution in [0.15, 0.2) is 30.3 Å². The topological polar surface area (TPSA) is 58.6 Å². The van der Waals surface area contributed by atoms with Gasteiger partial charge in [-0.25, -0.2) is 0 Å². The molecule has 0 aliphatic carbocycles. The zero-order valence-corrected chi connectivity index (χ0v) is 14.1. The van der Waals surface area contributed by atoms with Gasteiger partial charge in [0.2, 0.25) is 11.8 Å². The number of morpholine rings is 1. The smallest absolute Gasteiger partial charge is 0.245 e. The maximum atomic E-state index is 12.3. The molecule has 0 unspecified atom stereocenters. The lowest BCUT2D eigenvalue weighted by Gasteiger charge is -2.29. The van der Waals surface area contributed by atoms with E-state index in [9.17, 15) is 9.59 Å². The van der Waals surface area contributed by atoms with Gasteiger partial charge in [-0.3, -0.25) is 9.59 Å². The molecule has 1 N–H and O–H groups in total. The minimum atomic E-state index is -0.573. The highest BCUT2D eigenvalue weighted by molar-refractivity contribution is 6.32. The Morgan fingerprint density at radius 3 is 2.61 bits per heavy atom. The molecule has 6 heteroatoms. The lowest BCUT2D eigenvalue weighted by Crippen LogP contribution is -2.50. The number of allylic oxidation sites excluding steroid dienone is 1. The van der Waals surface area contributed by atoms with Crippen LogP contribution in [-0.2, 0) is 14.3 Å². The summed E-state index contributed by atoms with van der Waals surface area (Å²) in [7, 11) is 0. The minimum Gasteiger partial charge on any atom is -0.378 e. The summed E-state index contributed by atoms with van der Waals surface area (Å²) < 4.78 is 5.22. The van der Waals surface area contributed by atoms with Crippen LogP contribution in [0.1, 0.15) is 19.4 Å². The van der Waals surface area contributed by atoms with E-state index >= 15 is 0 Å². The maximum absolute atomic E-state index is 12.3. The van der Waals surface area contributed by atoms with Crippen LogP contribution in [0.5, 0.6) is 0 Å². The Labute approximate surface area is 141 Å². The van der Waals surface area contributed by atoms with Crippen LogP contribution in [0.2, 0.25) is 5.02 Å². The third kappa shape index (κ3) is 4.81. The third-order valence-corrected chi connectivity index (χ3v) is 4.03. The van der Waals surface area contributed by atoms with Crippen molar-refractivity contribution < 1.29 is 14.3 Å². The highest BCUT2D eigenvalue weighted by Gasteiger charge is 2.23. The number of nitrogens with zero attached hydrogens (tertiary/aromatic N) is 1. The predicted octanol–water partition coefficient (Wildman–Crippen LogP) is 2.11. The molecular formula is C17H21ClN2O3. The monoisotopic (exact) mass is 336 g/mol. The largest absolute Gasteiger partial charge is 0.378 e. The zero-order chi connectivity index (χ0) is 16.8. The first-order valence-electron chi connectivity index (χ1n) is 7.59. The normalized spacial score (nSPS) is 16.8. The van der Waals surface area contributed by atoms with Crippen molar-refractivity contribution in [3.8, 4) is 0 Å². The quantitative estimate of drug-likeness (QED) is 0.857. The number of carbonyl (C=O) groups excluding carboxylic acids is 2. The van der Waals surface area contributed by atoms with Crippen LogP contribution in [0.3, 0.4) is 0 Å². The molecule has 124 valence electrons. The zero-order valence-electron chi connectivity index (χ0n) is 13.3. The van der Waals surface area contributed by atoms with Crippen molar-refractivity contribution in [3.05, 3.63) is 40.9 Å². The Morgan fingerprint density at radius 2 is 1.96 bits per heavy atom. The highest BCUT2D eigenvalue weighted by atomic mass is 35.5. The fourth-order valence-corrected chi connectivity index (χ4v) is 2.71. The number of nitrogens with one attached hydrogen (secondary N) is 1. The molecule has 5 nitrogen and oxygen atoms in total. The Balaban J connectivity index is 1.96. The van der Waals surface area contributed by atoms with Crippen molar-refractivity contribution in [2.24, 2.45) is 0 Å². The summed E-state index contributed by atoms with van der Waals surface area (Å²) in [5.41, 5.74) is 1.55. The van der Waals surface area contributed by atoms with Crippen LogP contribution < -0.4 is 5.32 Å². The Hall–Kier alpha value is -1.85. The van der Waals surface area contributed by atoms with Crippen LogP contribution >= 0.6 is 11.6 Å². The summed E-state index contributed by atoms with van der Waals surface area (Å²) in [6.07, 6.45) is 1.46. The van der Waals surface area contributed by atoms with Gasteiger partial charge in [-0.1, -0.05) is 29.8 Å². The summed E-state index contributed by atoms with van der Waals surface area (Å²) in [6, 6.07) is 6.75. The average Bonchev–Trinajstić information content (AvgIpc) is 2.55. The van der Waals surface area contributed by atoms with E-state index in [1.807, 2.05) is 25.1 Å². The van der Waals surface area contributed by atoms with Crippen molar-refractivity contribution in [1.29, 1.82) is 0 Å². The number of benzene rings is 1. The Kier molecular flexibility index (Phi) is 6.19. The summed E-state index contributed by atoms with van der Waals surface area (Å²) in [5, 5.41) is 3.30. The van der Waals surface area contributed by atoms with E-state index in [1.54, 1.807) is 17.9 Å². The summed E-state index contributed by atoms with van der Waals surface area (Å²) in [6.45, 7) is 5.71. The molecule has 0 saturated carbocycles. The molecule has 23 heavy (non-hydrogen) atoms. The molecule has 1 atom stereocenters.